The van der Waals surface area contributed by atoms with Crippen LogP contribution in [-0.2, 0) is 11.3 Å². The predicted molar refractivity (Wildman–Crippen MR) is 73.5 cm³/mol. The van der Waals surface area contributed by atoms with Crippen molar-refractivity contribution < 1.29 is 9.84 Å². The molecule has 1 aromatic carbocycles. The Balaban J connectivity index is 2.11. The number of halogens is 1. The number of anilines is 1. The first-order valence-electron chi connectivity index (χ1n) is 6.17. The Labute approximate surface area is 115 Å². The summed E-state index contributed by atoms with van der Waals surface area (Å²) in [5, 5.41) is 10.4. The van der Waals surface area contributed by atoms with Crippen molar-refractivity contribution in [2.45, 2.75) is 6.61 Å². The highest BCUT2D eigenvalue weighted by molar-refractivity contribution is 6.28. The molecule has 3 rings (SSSR count). The summed E-state index contributed by atoms with van der Waals surface area (Å²) in [6, 6.07) is 5.65. The number of fused-ring (bicyclic) bond motifs is 1. The molecule has 0 radical (unpaired) electrons. The van der Waals surface area contributed by atoms with Crippen molar-refractivity contribution in [3.8, 4) is 0 Å². The molecular formula is C13H14ClN3O2. The van der Waals surface area contributed by atoms with Crippen LogP contribution in [0.1, 0.15) is 5.56 Å². The Morgan fingerprint density at radius 3 is 2.79 bits per heavy atom. The van der Waals surface area contributed by atoms with Gasteiger partial charge in [-0.05, 0) is 29.3 Å². The van der Waals surface area contributed by atoms with Crippen molar-refractivity contribution in [1.29, 1.82) is 0 Å². The fourth-order valence-corrected chi connectivity index (χ4v) is 2.42. The van der Waals surface area contributed by atoms with E-state index in [0.29, 0.717) is 13.2 Å². The molecule has 1 N–H and O–H groups in total. The minimum atomic E-state index is -0.00947. The van der Waals surface area contributed by atoms with E-state index in [1.807, 2.05) is 18.2 Å². The fraction of sp³-hybridized carbons (Fsp3) is 0.385. The highest BCUT2D eigenvalue weighted by Crippen LogP contribution is 2.26. The molecule has 5 nitrogen and oxygen atoms in total. The van der Waals surface area contributed by atoms with Crippen molar-refractivity contribution in [2.75, 3.05) is 31.2 Å². The van der Waals surface area contributed by atoms with E-state index in [0.717, 1.165) is 35.4 Å². The van der Waals surface area contributed by atoms with Crippen LogP contribution in [0.5, 0.6) is 0 Å². The molecule has 19 heavy (non-hydrogen) atoms. The predicted octanol–water partition coefficient (Wildman–Crippen LogP) is 1.61. The van der Waals surface area contributed by atoms with Gasteiger partial charge < -0.3 is 14.7 Å². The number of nitrogens with zero attached hydrogens (tertiary/aromatic N) is 3. The van der Waals surface area contributed by atoms with Gasteiger partial charge in [0.15, 0.2) is 0 Å². The molecule has 100 valence electrons. The molecule has 0 aliphatic carbocycles. The second-order valence-corrected chi connectivity index (χ2v) is 4.76. The fourth-order valence-electron chi connectivity index (χ4n) is 2.25. The van der Waals surface area contributed by atoms with Crippen LogP contribution in [0, 0.1) is 0 Å². The first-order chi connectivity index (χ1) is 9.28. The van der Waals surface area contributed by atoms with Crippen molar-refractivity contribution >= 4 is 28.3 Å². The molecule has 0 saturated carbocycles. The topological polar surface area (TPSA) is 58.5 Å². The molecule has 1 saturated heterocycles. The number of hydrogen-bond acceptors (Lipinski definition) is 5. The van der Waals surface area contributed by atoms with Crippen LogP contribution < -0.4 is 4.90 Å². The molecule has 1 fully saturated rings. The molecule has 0 amide bonds. The minimum absolute atomic E-state index is 0.00947. The maximum absolute atomic E-state index is 9.18. The molecule has 2 heterocycles. The van der Waals surface area contributed by atoms with Crippen LogP contribution in [0.15, 0.2) is 18.2 Å². The summed E-state index contributed by atoms with van der Waals surface area (Å²) in [6.45, 7) is 2.97. The lowest BCUT2D eigenvalue weighted by Crippen LogP contribution is -2.37. The molecule has 1 aliphatic rings. The number of hydrogen-bond donors (Lipinski definition) is 1. The van der Waals surface area contributed by atoms with Crippen molar-refractivity contribution in [2.24, 2.45) is 0 Å². The van der Waals surface area contributed by atoms with Crippen LogP contribution in [-0.4, -0.2) is 41.4 Å². The van der Waals surface area contributed by atoms with Crippen molar-refractivity contribution in [1.82, 2.24) is 9.97 Å². The van der Waals surface area contributed by atoms with Crippen LogP contribution in [0.2, 0.25) is 5.28 Å². The molecule has 1 aromatic heterocycles. The third-order valence-corrected chi connectivity index (χ3v) is 3.38. The van der Waals surface area contributed by atoms with Crippen molar-refractivity contribution in [3.63, 3.8) is 0 Å². The summed E-state index contributed by atoms with van der Waals surface area (Å²) in [4.78, 5) is 10.7. The lowest BCUT2D eigenvalue weighted by molar-refractivity contribution is 0.122. The largest absolute Gasteiger partial charge is 0.392 e. The third kappa shape index (κ3) is 2.49. The smallest absolute Gasteiger partial charge is 0.224 e. The molecule has 1 aliphatic heterocycles. The standard InChI is InChI=1S/C13H14ClN3O2/c14-13-15-11-7-9(8-18)1-2-10(11)12(16-13)17-3-5-19-6-4-17/h1-2,7,18H,3-6,8H2. The van der Waals surface area contributed by atoms with Gasteiger partial charge in [0.2, 0.25) is 5.28 Å². The van der Waals surface area contributed by atoms with E-state index in [4.69, 9.17) is 16.3 Å². The molecule has 0 spiro atoms. The van der Waals surface area contributed by atoms with E-state index >= 15 is 0 Å². The number of benzene rings is 1. The SMILES string of the molecule is OCc1ccc2c(N3CCOCC3)nc(Cl)nc2c1. The number of aliphatic hydroxyl groups is 1. The van der Waals surface area contributed by atoms with E-state index < -0.39 is 0 Å². The second-order valence-electron chi connectivity index (χ2n) is 4.43. The Hall–Kier alpha value is -1.43. The van der Waals surface area contributed by atoms with E-state index in [9.17, 15) is 5.11 Å². The second kappa shape index (κ2) is 5.28. The van der Waals surface area contributed by atoms with Gasteiger partial charge in [-0.3, -0.25) is 0 Å². The third-order valence-electron chi connectivity index (χ3n) is 3.21. The average molecular weight is 280 g/mol. The van der Waals surface area contributed by atoms with Gasteiger partial charge in [0, 0.05) is 18.5 Å². The van der Waals surface area contributed by atoms with Gasteiger partial charge in [-0.1, -0.05) is 6.07 Å². The van der Waals surface area contributed by atoms with Crippen molar-refractivity contribution in [3.05, 3.63) is 29.0 Å². The van der Waals surface area contributed by atoms with Crippen LogP contribution in [0.25, 0.3) is 10.9 Å². The van der Waals surface area contributed by atoms with Crippen LogP contribution in [0.4, 0.5) is 5.82 Å². The minimum Gasteiger partial charge on any atom is -0.392 e. The quantitative estimate of drug-likeness (QED) is 0.847. The number of ether oxygens (including phenoxy) is 1. The van der Waals surface area contributed by atoms with Gasteiger partial charge in [0.1, 0.15) is 5.82 Å². The molecule has 6 heteroatoms. The lowest BCUT2D eigenvalue weighted by Gasteiger charge is -2.28. The zero-order chi connectivity index (χ0) is 13.2. The maximum atomic E-state index is 9.18. The summed E-state index contributed by atoms with van der Waals surface area (Å²) in [7, 11) is 0. The van der Waals surface area contributed by atoms with Crippen LogP contribution >= 0.6 is 11.6 Å². The van der Waals surface area contributed by atoms with E-state index in [1.54, 1.807) is 0 Å². The molecule has 0 unspecified atom stereocenters. The van der Waals surface area contributed by atoms with Gasteiger partial charge >= 0.3 is 0 Å². The van der Waals surface area contributed by atoms with Gasteiger partial charge in [0.05, 0.1) is 25.3 Å². The Bertz CT molecular complexity index is 600. The summed E-state index contributed by atoms with van der Waals surface area (Å²) in [5.74, 6) is 0.836. The monoisotopic (exact) mass is 279 g/mol. The Morgan fingerprint density at radius 2 is 2.05 bits per heavy atom. The Morgan fingerprint density at radius 1 is 1.26 bits per heavy atom. The zero-order valence-corrected chi connectivity index (χ0v) is 11.1. The average Bonchev–Trinajstić information content (AvgIpc) is 2.46. The van der Waals surface area contributed by atoms with Gasteiger partial charge in [0.25, 0.3) is 0 Å². The van der Waals surface area contributed by atoms with Gasteiger partial charge in [-0.15, -0.1) is 0 Å². The summed E-state index contributed by atoms with van der Waals surface area (Å²) >= 11 is 6.00. The molecular weight excluding hydrogens is 266 g/mol. The Kier molecular flexibility index (Phi) is 3.50. The highest BCUT2D eigenvalue weighted by atomic mass is 35.5. The summed E-state index contributed by atoms with van der Waals surface area (Å²) in [5.41, 5.74) is 1.57. The number of aromatic nitrogens is 2. The normalized spacial score (nSPS) is 16.0. The summed E-state index contributed by atoms with van der Waals surface area (Å²) in [6.07, 6.45) is 0. The number of rotatable bonds is 2. The molecule has 0 atom stereocenters. The number of aliphatic hydroxyl groups excluding tert-OH is 1. The van der Waals surface area contributed by atoms with E-state index in [1.165, 1.54) is 0 Å². The van der Waals surface area contributed by atoms with E-state index in [2.05, 4.69) is 14.9 Å². The molecule has 2 aromatic rings. The van der Waals surface area contributed by atoms with Crippen LogP contribution in [0.3, 0.4) is 0 Å². The first-order valence-corrected chi connectivity index (χ1v) is 6.55. The first kappa shape index (κ1) is 12.6. The summed E-state index contributed by atoms with van der Waals surface area (Å²) < 4.78 is 5.35. The number of morpholine rings is 1. The van der Waals surface area contributed by atoms with Gasteiger partial charge in [-0.25, -0.2) is 4.98 Å². The van der Waals surface area contributed by atoms with Gasteiger partial charge in [-0.2, -0.15) is 4.98 Å². The lowest BCUT2D eigenvalue weighted by atomic mass is 10.1. The zero-order valence-electron chi connectivity index (χ0n) is 10.3. The van der Waals surface area contributed by atoms with E-state index in [-0.39, 0.29) is 11.9 Å². The highest BCUT2D eigenvalue weighted by Gasteiger charge is 2.17. The maximum Gasteiger partial charge on any atom is 0.224 e. The molecule has 0 bridgehead atoms.